The average Bonchev–Trinajstić information content (AvgIpc) is 2.44. The van der Waals surface area contributed by atoms with E-state index >= 15 is 0 Å². The first-order chi connectivity index (χ1) is 6.11. The molecule has 0 bridgehead atoms. The van der Waals surface area contributed by atoms with Crippen LogP contribution >= 0.6 is 0 Å². The van der Waals surface area contributed by atoms with E-state index in [9.17, 15) is 0 Å². The maximum atomic E-state index is 8.98. The Morgan fingerprint density at radius 3 is 3.00 bits per heavy atom. The Labute approximate surface area is 78.2 Å². The van der Waals surface area contributed by atoms with Gasteiger partial charge in [-0.15, -0.1) is 0 Å². The zero-order chi connectivity index (χ0) is 9.47. The molecule has 76 valence electrons. The molecule has 3 atom stereocenters. The lowest BCUT2D eigenvalue weighted by Crippen LogP contribution is -2.50. The van der Waals surface area contributed by atoms with Gasteiger partial charge in [-0.2, -0.15) is 0 Å². The van der Waals surface area contributed by atoms with Crippen molar-refractivity contribution in [2.45, 2.75) is 44.2 Å². The molecule has 0 aromatic heterocycles. The van der Waals surface area contributed by atoms with Crippen molar-refractivity contribution >= 4 is 0 Å². The van der Waals surface area contributed by atoms with Gasteiger partial charge in [-0.25, -0.2) is 0 Å². The Balaban J connectivity index is 1.98. The van der Waals surface area contributed by atoms with Gasteiger partial charge in [0, 0.05) is 6.04 Å². The van der Waals surface area contributed by atoms with Crippen LogP contribution in [-0.2, 0) is 9.47 Å². The number of rotatable bonds is 1. The second-order valence-corrected chi connectivity index (χ2v) is 4.26. The molecule has 13 heavy (non-hydrogen) atoms. The molecule has 4 nitrogen and oxygen atoms in total. The molecule has 0 aromatic rings. The highest BCUT2D eigenvalue weighted by atomic mass is 16.7. The molecule has 4 heteroatoms. The number of nitrogens with one attached hydrogen (secondary N) is 1. The van der Waals surface area contributed by atoms with Crippen LogP contribution in [0, 0.1) is 0 Å². The number of ether oxygens (including phenoxy) is 2. The molecule has 0 amide bonds. The van der Waals surface area contributed by atoms with Gasteiger partial charge in [0.2, 0.25) is 0 Å². The Morgan fingerprint density at radius 1 is 1.54 bits per heavy atom. The lowest BCUT2D eigenvalue weighted by atomic mass is 10.1. The van der Waals surface area contributed by atoms with E-state index in [4.69, 9.17) is 14.6 Å². The standard InChI is InChI=1S/C9H17NO3/c1-9(2)12-5-7-8(13-9)3-6(4-11)10-7/h6-8,10-11H,3-5H2,1-2H3/t6-,7+,8-/m0/s1. The van der Waals surface area contributed by atoms with Gasteiger partial charge in [0.25, 0.3) is 0 Å². The fourth-order valence-corrected chi connectivity index (χ4v) is 2.02. The van der Waals surface area contributed by atoms with Gasteiger partial charge in [0.1, 0.15) is 0 Å². The maximum Gasteiger partial charge on any atom is 0.163 e. The summed E-state index contributed by atoms with van der Waals surface area (Å²) in [6, 6.07) is 0.428. The topological polar surface area (TPSA) is 50.7 Å². The lowest BCUT2D eigenvalue weighted by molar-refractivity contribution is -0.275. The molecule has 2 rings (SSSR count). The number of aliphatic hydroxyl groups excluding tert-OH is 1. The summed E-state index contributed by atoms with van der Waals surface area (Å²) < 4.78 is 11.2. The Kier molecular flexibility index (Phi) is 2.32. The molecule has 0 saturated carbocycles. The molecule has 2 saturated heterocycles. The van der Waals surface area contributed by atoms with Crippen LogP contribution in [0.2, 0.25) is 0 Å². The summed E-state index contributed by atoms with van der Waals surface area (Å²) in [5.41, 5.74) is 0. The minimum absolute atomic E-state index is 0.174. The van der Waals surface area contributed by atoms with E-state index in [1.54, 1.807) is 0 Å². The molecule has 0 spiro atoms. The van der Waals surface area contributed by atoms with Crippen molar-refractivity contribution in [2.75, 3.05) is 13.2 Å². The molecule has 0 radical (unpaired) electrons. The summed E-state index contributed by atoms with van der Waals surface area (Å²) in [6.07, 6.45) is 1.08. The first kappa shape index (κ1) is 9.40. The van der Waals surface area contributed by atoms with Crippen LogP contribution in [0.4, 0.5) is 0 Å². The summed E-state index contributed by atoms with van der Waals surface area (Å²) in [6.45, 7) is 4.70. The molecule has 2 fully saturated rings. The summed E-state index contributed by atoms with van der Waals surface area (Å²) >= 11 is 0. The van der Waals surface area contributed by atoms with Crippen molar-refractivity contribution in [2.24, 2.45) is 0 Å². The van der Waals surface area contributed by atoms with Crippen molar-refractivity contribution in [3.8, 4) is 0 Å². The van der Waals surface area contributed by atoms with E-state index in [-0.39, 0.29) is 24.8 Å². The summed E-state index contributed by atoms with van der Waals surface area (Å²) in [4.78, 5) is 0. The van der Waals surface area contributed by atoms with E-state index in [0.717, 1.165) is 6.42 Å². The Morgan fingerprint density at radius 2 is 2.31 bits per heavy atom. The molecule has 2 N–H and O–H groups in total. The molecular weight excluding hydrogens is 170 g/mol. The van der Waals surface area contributed by atoms with Gasteiger partial charge >= 0.3 is 0 Å². The summed E-state index contributed by atoms with van der Waals surface area (Å²) in [7, 11) is 0. The third-order valence-corrected chi connectivity index (χ3v) is 2.68. The normalized spacial score (nSPS) is 43.2. The largest absolute Gasteiger partial charge is 0.395 e. The predicted molar refractivity (Wildman–Crippen MR) is 47.3 cm³/mol. The average molecular weight is 187 g/mol. The van der Waals surface area contributed by atoms with E-state index in [0.29, 0.717) is 6.61 Å². The summed E-state index contributed by atoms with van der Waals surface area (Å²) in [5.74, 6) is -0.465. The zero-order valence-electron chi connectivity index (χ0n) is 8.12. The first-order valence-corrected chi connectivity index (χ1v) is 4.79. The molecule has 0 aromatic carbocycles. The van der Waals surface area contributed by atoms with Crippen molar-refractivity contribution in [1.82, 2.24) is 5.32 Å². The first-order valence-electron chi connectivity index (χ1n) is 4.79. The van der Waals surface area contributed by atoms with Gasteiger partial charge in [-0.05, 0) is 20.3 Å². The Hall–Kier alpha value is -0.160. The third-order valence-electron chi connectivity index (χ3n) is 2.68. The van der Waals surface area contributed by atoms with Crippen molar-refractivity contribution in [1.29, 1.82) is 0 Å². The van der Waals surface area contributed by atoms with Crippen LogP contribution in [0.1, 0.15) is 20.3 Å². The molecule has 2 aliphatic rings. The van der Waals surface area contributed by atoms with Gasteiger partial charge in [-0.1, -0.05) is 0 Å². The van der Waals surface area contributed by atoms with E-state index < -0.39 is 5.79 Å². The molecule has 0 unspecified atom stereocenters. The van der Waals surface area contributed by atoms with E-state index in [2.05, 4.69) is 5.32 Å². The smallest absolute Gasteiger partial charge is 0.163 e. The minimum atomic E-state index is -0.465. The van der Waals surface area contributed by atoms with Crippen LogP contribution in [0.25, 0.3) is 0 Å². The van der Waals surface area contributed by atoms with Crippen LogP contribution in [0.3, 0.4) is 0 Å². The quantitative estimate of drug-likeness (QED) is 0.600. The fourth-order valence-electron chi connectivity index (χ4n) is 2.02. The lowest BCUT2D eigenvalue weighted by Gasteiger charge is -2.37. The minimum Gasteiger partial charge on any atom is -0.395 e. The predicted octanol–water partition coefficient (Wildman–Crippen LogP) is -0.139. The zero-order valence-corrected chi connectivity index (χ0v) is 8.12. The highest BCUT2D eigenvalue weighted by Gasteiger charge is 2.42. The highest BCUT2D eigenvalue weighted by Crippen LogP contribution is 2.28. The van der Waals surface area contributed by atoms with E-state index in [1.165, 1.54) is 0 Å². The second-order valence-electron chi connectivity index (χ2n) is 4.26. The van der Waals surface area contributed by atoms with Crippen molar-refractivity contribution in [3.05, 3.63) is 0 Å². The van der Waals surface area contributed by atoms with Crippen molar-refractivity contribution in [3.63, 3.8) is 0 Å². The molecule has 2 heterocycles. The third kappa shape index (κ3) is 1.86. The number of aliphatic hydroxyl groups is 1. The SMILES string of the molecule is CC1(C)OC[C@H]2N[C@H](CO)C[C@@H]2O1. The van der Waals surface area contributed by atoms with Crippen molar-refractivity contribution < 1.29 is 14.6 Å². The summed E-state index contributed by atoms with van der Waals surface area (Å²) in [5, 5.41) is 12.3. The van der Waals surface area contributed by atoms with Gasteiger partial charge in [-0.3, -0.25) is 0 Å². The molecule has 2 aliphatic heterocycles. The highest BCUT2D eigenvalue weighted by molar-refractivity contribution is 4.94. The fraction of sp³-hybridized carbons (Fsp3) is 1.00. The maximum absolute atomic E-state index is 8.98. The van der Waals surface area contributed by atoms with Crippen LogP contribution in [0.5, 0.6) is 0 Å². The monoisotopic (exact) mass is 187 g/mol. The van der Waals surface area contributed by atoms with E-state index in [1.807, 2.05) is 13.8 Å². The van der Waals surface area contributed by atoms with Crippen LogP contribution in [0.15, 0.2) is 0 Å². The van der Waals surface area contributed by atoms with Gasteiger partial charge in [0.05, 0.1) is 25.4 Å². The second kappa shape index (κ2) is 3.20. The van der Waals surface area contributed by atoms with Gasteiger partial charge in [0.15, 0.2) is 5.79 Å². The molecule has 0 aliphatic carbocycles. The molecular formula is C9H17NO3. The van der Waals surface area contributed by atoms with Gasteiger partial charge < -0.3 is 19.9 Å². The number of hydrogen-bond donors (Lipinski definition) is 2. The van der Waals surface area contributed by atoms with Crippen LogP contribution in [-0.4, -0.2) is 42.3 Å². The Bertz CT molecular complexity index is 195. The number of hydrogen-bond acceptors (Lipinski definition) is 4. The number of fused-ring (bicyclic) bond motifs is 1. The van der Waals surface area contributed by atoms with Crippen LogP contribution < -0.4 is 5.32 Å².